The van der Waals surface area contributed by atoms with Crippen molar-refractivity contribution in [3.8, 4) is 0 Å². The Morgan fingerprint density at radius 2 is 2.00 bits per heavy atom. The smallest absolute Gasteiger partial charge is 0.248 e. The van der Waals surface area contributed by atoms with Crippen LogP contribution in [0.4, 0.5) is 0 Å². The molecule has 0 rings (SSSR count). The Bertz CT molecular complexity index is 178. The average molecular weight is 203 g/mol. The number of carbonyl (C=O) groups excluding carboxylic acids is 1. The minimum atomic E-state index is -0.789. The van der Waals surface area contributed by atoms with Gasteiger partial charge in [0.25, 0.3) is 0 Å². The molecule has 0 aliphatic rings. The third-order valence-corrected chi connectivity index (χ3v) is 2.63. The predicted molar refractivity (Wildman–Crippen MR) is 55.0 cm³/mol. The number of nitrogens with one attached hydrogen (secondary N) is 1. The second-order valence-corrected chi connectivity index (χ2v) is 3.53. The molecule has 0 aromatic heterocycles. The van der Waals surface area contributed by atoms with Crippen molar-refractivity contribution in [3.05, 3.63) is 0 Å². The molecule has 0 fully saturated rings. The van der Waals surface area contributed by atoms with Crippen molar-refractivity contribution < 1.29 is 14.6 Å². The molecular weight excluding hydrogens is 182 g/mol. The van der Waals surface area contributed by atoms with Crippen LogP contribution in [-0.2, 0) is 9.53 Å². The molecule has 0 radical (unpaired) electrons. The molecule has 0 aliphatic carbocycles. The minimum absolute atomic E-state index is 0.187. The van der Waals surface area contributed by atoms with Gasteiger partial charge in [-0.15, -0.1) is 0 Å². The van der Waals surface area contributed by atoms with E-state index in [-0.39, 0.29) is 12.5 Å². The van der Waals surface area contributed by atoms with Gasteiger partial charge < -0.3 is 15.2 Å². The summed E-state index contributed by atoms with van der Waals surface area (Å²) in [6.07, 6.45) is 0.795. The highest BCUT2D eigenvalue weighted by atomic mass is 16.5. The summed E-state index contributed by atoms with van der Waals surface area (Å²) in [7, 11) is 1.48. The van der Waals surface area contributed by atoms with E-state index in [2.05, 4.69) is 5.32 Å². The van der Waals surface area contributed by atoms with Crippen molar-refractivity contribution in [2.24, 2.45) is 0 Å². The monoisotopic (exact) mass is 203 g/mol. The van der Waals surface area contributed by atoms with E-state index in [1.807, 2.05) is 13.8 Å². The Morgan fingerprint density at radius 3 is 2.36 bits per heavy atom. The number of amides is 1. The van der Waals surface area contributed by atoms with Crippen molar-refractivity contribution in [1.29, 1.82) is 0 Å². The largest absolute Gasteiger partial charge is 0.388 e. The van der Waals surface area contributed by atoms with Gasteiger partial charge in [-0.3, -0.25) is 4.79 Å². The maximum Gasteiger partial charge on any atom is 0.248 e. The number of hydrogen-bond acceptors (Lipinski definition) is 3. The molecule has 1 unspecified atom stereocenters. The van der Waals surface area contributed by atoms with Gasteiger partial charge in [-0.05, 0) is 19.8 Å². The first-order chi connectivity index (χ1) is 6.49. The predicted octanol–water partition coefficient (Wildman–Crippen LogP) is 0.689. The molecule has 4 nitrogen and oxygen atoms in total. The summed E-state index contributed by atoms with van der Waals surface area (Å²) in [4.78, 5) is 11.3. The van der Waals surface area contributed by atoms with Crippen LogP contribution in [0, 0.1) is 0 Å². The maximum atomic E-state index is 11.3. The third-order valence-electron chi connectivity index (χ3n) is 2.63. The molecule has 84 valence electrons. The summed E-state index contributed by atoms with van der Waals surface area (Å²) < 4.78 is 4.85. The van der Waals surface area contributed by atoms with E-state index < -0.39 is 11.7 Å². The minimum Gasteiger partial charge on any atom is -0.388 e. The van der Waals surface area contributed by atoms with Gasteiger partial charge >= 0.3 is 0 Å². The van der Waals surface area contributed by atoms with E-state index in [9.17, 15) is 9.90 Å². The molecule has 0 saturated heterocycles. The van der Waals surface area contributed by atoms with Crippen LogP contribution < -0.4 is 5.32 Å². The van der Waals surface area contributed by atoms with E-state index >= 15 is 0 Å². The Hall–Kier alpha value is -0.610. The molecular formula is C10H21NO3. The molecule has 0 heterocycles. The first-order valence-corrected chi connectivity index (χ1v) is 5.02. The lowest BCUT2D eigenvalue weighted by molar-refractivity contribution is -0.131. The molecule has 14 heavy (non-hydrogen) atoms. The van der Waals surface area contributed by atoms with Crippen LogP contribution in [0.3, 0.4) is 0 Å². The van der Waals surface area contributed by atoms with Gasteiger partial charge in [0, 0.05) is 13.7 Å². The van der Waals surface area contributed by atoms with E-state index in [1.54, 1.807) is 6.92 Å². The van der Waals surface area contributed by atoms with Gasteiger partial charge in [0.15, 0.2) is 0 Å². The summed E-state index contributed by atoms with van der Waals surface area (Å²) >= 11 is 0. The summed E-state index contributed by atoms with van der Waals surface area (Å²) in [5.74, 6) is -0.187. The fourth-order valence-electron chi connectivity index (χ4n) is 1.00. The second-order valence-electron chi connectivity index (χ2n) is 3.53. The summed E-state index contributed by atoms with van der Waals surface area (Å²) in [6, 6.07) is 0. The molecule has 4 heteroatoms. The molecule has 0 aromatic carbocycles. The molecule has 0 aliphatic heterocycles. The third kappa shape index (κ3) is 4.07. The lowest BCUT2D eigenvalue weighted by atomic mass is 9.97. The number of carbonyl (C=O) groups is 1. The zero-order valence-corrected chi connectivity index (χ0v) is 9.46. The van der Waals surface area contributed by atoms with Crippen LogP contribution in [0.25, 0.3) is 0 Å². The van der Waals surface area contributed by atoms with Gasteiger partial charge in [0.2, 0.25) is 5.91 Å². The molecule has 0 saturated carbocycles. The quantitative estimate of drug-likeness (QED) is 0.667. The van der Waals surface area contributed by atoms with Gasteiger partial charge in [-0.2, -0.15) is 0 Å². The maximum absolute atomic E-state index is 11.3. The van der Waals surface area contributed by atoms with Gasteiger partial charge in [-0.1, -0.05) is 13.8 Å². The van der Waals surface area contributed by atoms with Crippen LogP contribution in [-0.4, -0.2) is 36.4 Å². The molecule has 1 atom stereocenters. The van der Waals surface area contributed by atoms with Crippen LogP contribution in [0.15, 0.2) is 0 Å². The number of rotatable bonds is 6. The highest BCUT2D eigenvalue weighted by Gasteiger charge is 2.23. The first-order valence-electron chi connectivity index (χ1n) is 5.02. The van der Waals surface area contributed by atoms with E-state index in [1.165, 1.54) is 7.11 Å². The highest BCUT2D eigenvalue weighted by Crippen LogP contribution is 2.12. The van der Waals surface area contributed by atoms with Gasteiger partial charge in [-0.25, -0.2) is 0 Å². The number of hydrogen-bond donors (Lipinski definition) is 2. The van der Waals surface area contributed by atoms with Crippen molar-refractivity contribution in [3.63, 3.8) is 0 Å². The summed E-state index contributed by atoms with van der Waals surface area (Å²) in [6.45, 7) is 5.75. The zero-order valence-electron chi connectivity index (χ0n) is 9.46. The number of methoxy groups -OCH3 is 1. The fraction of sp³-hybridized carbons (Fsp3) is 0.900. The molecule has 0 spiro atoms. The normalized spacial score (nSPS) is 13.8. The standard InChI is InChI=1S/C10H21NO3/c1-5-10(13,6-2)7-11-9(12)8(3)14-4/h8,13H,5-7H2,1-4H3,(H,11,12). The van der Waals surface area contributed by atoms with E-state index in [4.69, 9.17) is 4.74 Å². The first kappa shape index (κ1) is 13.4. The van der Waals surface area contributed by atoms with Crippen LogP contribution in [0.5, 0.6) is 0 Å². The van der Waals surface area contributed by atoms with Crippen molar-refractivity contribution >= 4 is 5.91 Å². The van der Waals surface area contributed by atoms with Gasteiger partial charge in [0.05, 0.1) is 5.60 Å². The average Bonchev–Trinajstić information content (AvgIpc) is 2.24. The van der Waals surface area contributed by atoms with Crippen molar-refractivity contribution in [1.82, 2.24) is 5.32 Å². The number of aliphatic hydroxyl groups is 1. The Balaban J connectivity index is 3.98. The van der Waals surface area contributed by atoms with E-state index in [0.717, 1.165) is 0 Å². The molecule has 0 bridgehead atoms. The van der Waals surface area contributed by atoms with E-state index in [0.29, 0.717) is 12.8 Å². The van der Waals surface area contributed by atoms with Crippen LogP contribution in [0.1, 0.15) is 33.6 Å². The van der Waals surface area contributed by atoms with Gasteiger partial charge in [0.1, 0.15) is 6.10 Å². The Labute approximate surface area is 85.6 Å². The summed E-state index contributed by atoms with van der Waals surface area (Å²) in [5.41, 5.74) is -0.789. The van der Waals surface area contributed by atoms with Crippen molar-refractivity contribution in [2.75, 3.05) is 13.7 Å². The summed E-state index contributed by atoms with van der Waals surface area (Å²) in [5, 5.41) is 12.5. The fourth-order valence-corrected chi connectivity index (χ4v) is 1.00. The van der Waals surface area contributed by atoms with Crippen molar-refractivity contribution in [2.45, 2.75) is 45.3 Å². The SMILES string of the molecule is CCC(O)(CC)CNC(=O)C(C)OC. The highest BCUT2D eigenvalue weighted by molar-refractivity contribution is 5.80. The topological polar surface area (TPSA) is 58.6 Å². The Morgan fingerprint density at radius 1 is 1.50 bits per heavy atom. The van der Waals surface area contributed by atoms with Crippen LogP contribution in [0.2, 0.25) is 0 Å². The molecule has 2 N–H and O–H groups in total. The lowest BCUT2D eigenvalue weighted by Crippen LogP contribution is -2.45. The number of ether oxygens (including phenoxy) is 1. The second kappa shape index (κ2) is 5.98. The zero-order chi connectivity index (χ0) is 11.2. The lowest BCUT2D eigenvalue weighted by Gasteiger charge is -2.25. The molecule has 1 amide bonds. The molecule has 0 aromatic rings. The Kier molecular flexibility index (Phi) is 5.72. The van der Waals surface area contributed by atoms with Crippen LogP contribution >= 0.6 is 0 Å².